The van der Waals surface area contributed by atoms with Crippen LogP contribution in [0.4, 0.5) is 0 Å². The molecule has 3 aromatic carbocycles. The summed E-state index contributed by atoms with van der Waals surface area (Å²) < 4.78 is 2.43. The SMILES string of the molecule is c1ccc2c(c1)Cc1cccc3c4ccccc4n-2c13. The van der Waals surface area contributed by atoms with Gasteiger partial charge in [-0.2, -0.15) is 0 Å². The van der Waals surface area contributed by atoms with Crippen LogP contribution in [0.1, 0.15) is 11.1 Å². The van der Waals surface area contributed by atoms with E-state index in [0.29, 0.717) is 0 Å². The van der Waals surface area contributed by atoms with Crippen molar-refractivity contribution in [3.8, 4) is 5.69 Å². The molecule has 5 rings (SSSR count). The molecule has 0 aliphatic carbocycles. The summed E-state index contributed by atoms with van der Waals surface area (Å²) in [5, 5.41) is 2.72. The Labute approximate surface area is 117 Å². The Morgan fingerprint density at radius 3 is 2.40 bits per heavy atom. The zero-order valence-electron chi connectivity index (χ0n) is 11.0. The molecule has 0 spiro atoms. The highest BCUT2D eigenvalue weighted by molar-refractivity contribution is 6.10. The molecule has 1 aromatic heterocycles. The molecule has 0 bridgehead atoms. The van der Waals surface area contributed by atoms with Crippen molar-refractivity contribution in [1.82, 2.24) is 4.57 Å². The van der Waals surface area contributed by atoms with Crippen LogP contribution in [0.5, 0.6) is 0 Å². The summed E-state index contributed by atoms with van der Waals surface area (Å²) in [7, 11) is 0. The van der Waals surface area contributed by atoms with E-state index in [4.69, 9.17) is 0 Å². The molecule has 20 heavy (non-hydrogen) atoms. The van der Waals surface area contributed by atoms with Gasteiger partial charge in [0.25, 0.3) is 0 Å². The number of para-hydroxylation sites is 3. The lowest BCUT2D eigenvalue weighted by molar-refractivity contribution is 1.04. The molecule has 0 saturated heterocycles. The number of hydrogen-bond donors (Lipinski definition) is 0. The molecule has 0 fully saturated rings. The number of fused-ring (bicyclic) bond motifs is 5. The lowest BCUT2D eigenvalue weighted by atomic mass is 9.98. The second-order valence-electron chi connectivity index (χ2n) is 5.47. The van der Waals surface area contributed by atoms with E-state index in [1.54, 1.807) is 0 Å². The molecular formula is C19H13N. The molecular weight excluding hydrogens is 242 g/mol. The van der Waals surface area contributed by atoms with E-state index in [-0.39, 0.29) is 0 Å². The fourth-order valence-electron chi connectivity index (χ4n) is 3.57. The van der Waals surface area contributed by atoms with E-state index in [0.717, 1.165) is 6.42 Å². The topological polar surface area (TPSA) is 4.93 Å². The van der Waals surface area contributed by atoms with E-state index in [1.807, 2.05) is 0 Å². The number of hydrogen-bond acceptors (Lipinski definition) is 0. The van der Waals surface area contributed by atoms with Crippen LogP contribution >= 0.6 is 0 Å². The number of benzene rings is 3. The lowest BCUT2D eigenvalue weighted by Crippen LogP contribution is -2.07. The molecule has 1 aliphatic rings. The summed E-state index contributed by atoms with van der Waals surface area (Å²) in [6, 6.07) is 24.1. The highest BCUT2D eigenvalue weighted by atomic mass is 15.0. The zero-order valence-corrected chi connectivity index (χ0v) is 11.0. The second kappa shape index (κ2) is 3.51. The average molecular weight is 255 g/mol. The Morgan fingerprint density at radius 1 is 0.650 bits per heavy atom. The molecule has 0 saturated carbocycles. The third-order valence-electron chi connectivity index (χ3n) is 4.39. The second-order valence-corrected chi connectivity index (χ2v) is 5.47. The number of rotatable bonds is 0. The third kappa shape index (κ3) is 1.13. The highest BCUT2D eigenvalue weighted by Crippen LogP contribution is 2.38. The largest absolute Gasteiger partial charge is 0.309 e. The summed E-state index contributed by atoms with van der Waals surface area (Å²) in [4.78, 5) is 0. The first-order valence-corrected chi connectivity index (χ1v) is 7.03. The van der Waals surface area contributed by atoms with Crippen LogP contribution < -0.4 is 0 Å². The van der Waals surface area contributed by atoms with Crippen LogP contribution in [0.25, 0.3) is 27.5 Å². The predicted octanol–water partition coefficient (Wildman–Crippen LogP) is 4.69. The van der Waals surface area contributed by atoms with Crippen molar-refractivity contribution in [1.29, 1.82) is 0 Å². The Balaban J connectivity index is 2.12. The smallest absolute Gasteiger partial charge is 0.0576 e. The minimum atomic E-state index is 1.03. The third-order valence-corrected chi connectivity index (χ3v) is 4.39. The standard InChI is InChI=1S/C19H13N/c1-3-10-17-13(6-1)12-14-7-5-9-16-15-8-2-4-11-18(15)20(17)19(14)16/h1-11H,12H2. The maximum absolute atomic E-state index is 2.43. The van der Waals surface area contributed by atoms with Crippen molar-refractivity contribution in [2.24, 2.45) is 0 Å². The van der Waals surface area contributed by atoms with E-state index >= 15 is 0 Å². The van der Waals surface area contributed by atoms with Gasteiger partial charge in [-0.1, -0.05) is 54.6 Å². The minimum absolute atomic E-state index is 1.03. The number of nitrogens with zero attached hydrogens (tertiary/aromatic N) is 1. The summed E-state index contributed by atoms with van der Waals surface area (Å²) in [5.74, 6) is 0. The van der Waals surface area contributed by atoms with Gasteiger partial charge < -0.3 is 4.57 Å². The molecule has 0 unspecified atom stereocenters. The summed E-state index contributed by atoms with van der Waals surface area (Å²) in [6.45, 7) is 0. The Kier molecular flexibility index (Phi) is 1.80. The predicted molar refractivity (Wildman–Crippen MR) is 83.6 cm³/mol. The van der Waals surface area contributed by atoms with Gasteiger partial charge in [0.05, 0.1) is 11.0 Å². The van der Waals surface area contributed by atoms with Crippen LogP contribution in [0.3, 0.4) is 0 Å². The Morgan fingerprint density at radius 2 is 1.40 bits per heavy atom. The molecule has 0 amide bonds. The van der Waals surface area contributed by atoms with Crippen molar-refractivity contribution < 1.29 is 0 Å². The molecule has 1 aliphatic heterocycles. The summed E-state index contributed by atoms with van der Waals surface area (Å²) >= 11 is 0. The van der Waals surface area contributed by atoms with Crippen molar-refractivity contribution in [3.05, 3.63) is 77.9 Å². The fourth-order valence-corrected chi connectivity index (χ4v) is 3.57. The first kappa shape index (κ1) is 10.3. The van der Waals surface area contributed by atoms with Gasteiger partial charge in [-0.3, -0.25) is 0 Å². The lowest BCUT2D eigenvalue weighted by Gasteiger charge is -2.20. The first-order chi connectivity index (χ1) is 9.93. The Bertz CT molecular complexity index is 976. The van der Waals surface area contributed by atoms with Crippen LogP contribution in [0.2, 0.25) is 0 Å². The van der Waals surface area contributed by atoms with Crippen LogP contribution in [-0.4, -0.2) is 4.57 Å². The normalized spacial score (nSPS) is 12.8. The fraction of sp³-hybridized carbons (Fsp3) is 0.0526. The van der Waals surface area contributed by atoms with Crippen LogP contribution in [-0.2, 0) is 6.42 Å². The van der Waals surface area contributed by atoms with Gasteiger partial charge in [-0.25, -0.2) is 0 Å². The van der Waals surface area contributed by atoms with Crippen molar-refractivity contribution >= 4 is 21.8 Å². The van der Waals surface area contributed by atoms with Gasteiger partial charge in [0.1, 0.15) is 0 Å². The van der Waals surface area contributed by atoms with E-state index in [9.17, 15) is 0 Å². The molecule has 2 heterocycles. The van der Waals surface area contributed by atoms with E-state index in [2.05, 4.69) is 71.3 Å². The minimum Gasteiger partial charge on any atom is -0.309 e. The monoisotopic (exact) mass is 255 g/mol. The van der Waals surface area contributed by atoms with Gasteiger partial charge in [0.15, 0.2) is 0 Å². The molecule has 0 atom stereocenters. The highest BCUT2D eigenvalue weighted by Gasteiger charge is 2.20. The molecule has 1 nitrogen and oxygen atoms in total. The maximum Gasteiger partial charge on any atom is 0.0576 e. The zero-order chi connectivity index (χ0) is 13.1. The van der Waals surface area contributed by atoms with Gasteiger partial charge >= 0.3 is 0 Å². The quantitative estimate of drug-likeness (QED) is 0.378. The molecule has 4 aromatic rings. The van der Waals surface area contributed by atoms with Crippen molar-refractivity contribution in [3.63, 3.8) is 0 Å². The van der Waals surface area contributed by atoms with E-state index < -0.39 is 0 Å². The summed E-state index contributed by atoms with van der Waals surface area (Å²) in [5.41, 5.74) is 6.86. The van der Waals surface area contributed by atoms with E-state index in [1.165, 1.54) is 38.6 Å². The van der Waals surface area contributed by atoms with Gasteiger partial charge in [-0.15, -0.1) is 0 Å². The van der Waals surface area contributed by atoms with Crippen molar-refractivity contribution in [2.75, 3.05) is 0 Å². The van der Waals surface area contributed by atoms with Gasteiger partial charge in [0.2, 0.25) is 0 Å². The maximum atomic E-state index is 2.43. The molecule has 1 heteroatoms. The van der Waals surface area contributed by atoms with Gasteiger partial charge in [0, 0.05) is 22.9 Å². The summed E-state index contributed by atoms with van der Waals surface area (Å²) in [6.07, 6.45) is 1.03. The average Bonchev–Trinajstić information content (AvgIpc) is 2.85. The number of aromatic nitrogens is 1. The molecule has 94 valence electrons. The first-order valence-electron chi connectivity index (χ1n) is 7.03. The van der Waals surface area contributed by atoms with Crippen LogP contribution in [0.15, 0.2) is 66.7 Å². The van der Waals surface area contributed by atoms with Crippen molar-refractivity contribution in [2.45, 2.75) is 6.42 Å². The molecule has 0 N–H and O–H groups in total. The van der Waals surface area contributed by atoms with Gasteiger partial charge in [-0.05, 0) is 23.3 Å². The van der Waals surface area contributed by atoms with Crippen LogP contribution in [0, 0.1) is 0 Å². The Hall–Kier alpha value is -2.54. The molecule has 0 radical (unpaired) electrons.